The number of nitrogens with two attached hydrogens (primary N) is 1. The normalized spacial score (nSPS) is 14.4. The molecule has 1 aliphatic rings. The highest BCUT2D eigenvalue weighted by atomic mass is 16.1. The third-order valence-electron chi connectivity index (χ3n) is 4.41. The molecule has 24 heavy (non-hydrogen) atoms. The Balaban J connectivity index is 1.52. The molecular weight excluding hydrogens is 300 g/mol. The van der Waals surface area contributed by atoms with Gasteiger partial charge in [0.05, 0.1) is 11.9 Å². The van der Waals surface area contributed by atoms with Crippen molar-refractivity contribution in [2.75, 3.05) is 29.0 Å². The molecule has 0 unspecified atom stereocenters. The van der Waals surface area contributed by atoms with Gasteiger partial charge < -0.3 is 16.0 Å². The highest BCUT2D eigenvalue weighted by Crippen LogP contribution is 2.20. The molecule has 0 spiro atoms. The Morgan fingerprint density at radius 2 is 1.92 bits per heavy atom. The van der Waals surface area contributed by atoms with Crippen LogP contribution in [0.2, 0.25) is 0 Å². The van der Waals surface area contributed by atoms with Gasteiger partial charge in [-0.3, -0.25) is 4.79 Å². The number of para-hydroxylation sites is 1. The van der Waals surface area contributed by atoms with Crippen molar-refractivity contribution in [2.45, 2.75) is 32.1 Å². The molecule has 2 heterocycles. The molecule has 0 aliphatic carbocycles. The van der Waals surface area contributed by atoms with Crippen molar-refractivity contribution >= 4 is 23.1 Å². The van der Waals surface area contributed by atoms with E-state index >= 15 is 0 Å². The lowest BCUT2D eigenvalue weighted by Gasteiger charge is -2.28. The summed E-state index contributed by atoms with van der Waals surface area (Å²) >= 11 is 0. The molecule has 126 valence electrons. The molecule has 0 bridgehead atoms. The Hall–Kier alpha value is -2.56. The smallest absolute Gasteiger partial charge is 0.225 e. The maximum Gasteiger partial charge on any atom is 0.225 e. The first-order chi connectivity index (χ1) is 11.7. The van der Waals surface area contributed by atoms with Crippen LogP contribution in [0.3, 0.4) is 0 Å². The van der Waals surface area contributed by atoms with Crippen LogP contribution in [0, 0.1) is 0 Å². The number of pyridine rings is 1. The van der Waals surface area contributed by atoms with Crippen molar-refractivity contribution in [1.82, 2.24) is 4.98 Å². The van der Waals surface area contributed by atoms with E-state index in [1.165, 1.54) is 19.3 Å². The number of nitrogens with one attached hydrogen (secondary N) is 1. The average Bonchev–Trinajstić information content (AvgIpc) is 2.62. The lowest BCUT2D eigenvalue weighted by Crippen LogP contribution is -2.29. The van der Waals surface area contributed by atoms with Crippen LogP contribution in [0.5, 0.6) is 0 Å². The Morgan fingerprint density at radius 3 is 2.62 bits per heavy atom. The van der Waals surface area contributed by atoms with Gasteiger partial charge in [-0.1, -0.05) is 18.2 Å². The van der Waals surface area contributed by atoms with Crippen molar-refractivity contribution in [3.63, 3.8) is 0 Å². The number of anilines is 3. The van der Waals surface area contributed by atoms with E-state index in [1.807, 2.05) is 42.6 Å². The fourth-order valence-corrected chi connectivity index (χ4v) is 3.01. The molecule has 0 saturated carbocycles. The molecule has 5 heteroatoms. The second-order valence-corrected chi connectivity index (χ2v) is 6.20. The van der Waals surface area contributed by atoms with Crippen LogP contribution in [0.4, 0.5) is 17.2 Å². The minimum atomic E-state index is -0.0449. The van der Waals surface area contributed by atoms with E-state index in [2.05, 4.69) is 15.2 Å². The second-order valence-electron chi connectivity index (χ2n) is 6.20. The largest absolute Gasteiger partial charge is 0.399 e. The van der Waals surface area contributed by atoms with E-state index in [4.69, 9.17) is 5.73 Å². The Labute approximate surface area is 142 Å². The number of hydrogen-bond acceptors (Lipinski definition) is 4. The van der Waals surface area contributed by atoms with E-state index in [0.717, 1.165) is 30.0 Å². The fourth-order valence-electron chi connectivity index (χ4n) is 3.01. The van der Waals surface area contributed by atoms with Crippen LogP contribution in [0.15, 0.2) is 42.6 Å². The zero-order chi connectivity index (χ0) is 16.8. The Bertz CT molecular complexity index is 678. The first-order valence-electron chi connectivity index (χ1n) is 8.56. The van der Waals surface area contributed by atoms with Crippen molar-refractivity contribution < 1.29 is 4.79 Å². The van der Waals surface area contributed by atoms with Crippen LogP contribution in [0.25, 0.3) is 0 Å². The molecule has 1 saturated heterocycles. The summed E-state index contributed by atoms with van der Waals surface area (Å²) in [7, 11) is 0. The van der Waals surface area contributed by atoms with Crippen LogP contribution >= 0.6 is 0 Å². The van der Waals surface area contributed by atoms with Gasteiger partial charge in [0.25, 0.3) is 0 Å². The van der Waals surface area contributed by atoms with Gasteiger partial charge in [0.15, 0.2) is 0 Å². The number of aromatic nitrogens is 1. The summed E-state index contributed by atoms with van der Waals surface area (Å²) in [6.07, 6.45) is 6.65. The number of carbonyl (C=O) groups excluding carboxylic acids is 1. The van der Waals surface area contributed by atoms with Gasteiger partial charge in [-0.2, -0.15) is 0 Å². The van der Waals surface area contributed by atoms with Gasteiger partial charge in [0.2, 0.25) is 5.91 Å². The first-order valence-corrected chi connectivity index (χ1v) is 8.56. The van der Waals surface area contributed by atoms with Gasteiger partial charge in [0, 0.05) is 25.2 Å². The molecule has 5 nitrogen and oxygen atoms in total. The van der Waals surface area contributed by atoms with Crippen LogP contribution in [0.1, 0.15) is 31.2 Å². The quantitative estimate of drug-likeness (QED) is 0.828. The maximum absolute atomic E-state index is 12.1. The number of benzene rings is 1. The molecule has 1 aromatic carbocycles. The van der Waals surface area contributed by atoms with Crippen LogP contribution in [-0.2, 0) is 11.2 Å². The average molecular weight is 324 g/mol. The second kappa shape index (κ2) is 7.81. The third-order valence-corrected chi connectivity index (χ3v) is 4.41. The fraction of sp³-hybridized carbons (Fsp3) is 0.368. The number of hydrogen-bond donors (Lipinski definition) is 2. The van der Waals surface area contributed by atoms with Gasteiger partial charge in [0.1, 0.15) is 5.82 Å². The number of piperidine rings is 1. The molecule has 2 aromatic rings. The lowest BCUT2D eigenvalue weighted by atomic mass is 10.1. The maximum atomic E-state index is 12.1. The summed E-state index contributed by atoms with van der Waals surface area (Å²) in [6, 6.07) is 11.5. The monoisotopic (exact) mass is 324 g/mol. The Kier molecular flexibility index (Phi) is 5.31. The molecule has 1 aliphatic heterocycles. The number of rotatable bonds is 5. The molecule has 1 amide bonds. The van der Waals surface area contributed by atoms with Crippen molar-refractivity contribution in [2.24, 2.45) is 0 Å². The van der Waals surface area contributed by atoms with Gasteiger partial charge in [-0.05, 0) is 49.4 Å². The van der Waals surface area contributed by atoms with Crippen molar-refractivity contribution in [3.8, 4) is 0 Å². The number of aryl methyl sites for hydroxylation is 1. The summed E-state index contributed by atoms with van der Waals surface area (Å²) in [6.45, 7) is 2.18. The SMILES string of the molecule is Nc1ccccc1CCC(=O)Nc1ccc(N2CCCCC2)cn1. The molecule has 0 radical (unpaired) electrons. The summed E-state index contributed by atoms with van der Waals surface area (Å²) in [4.78, 5) is 18.8. The van der Waals surface area contributed by atoms with Crippen molar-refractivity contribution in [1.29, 1.82) is 0 Å². The van der Waals surface area contributed by atoms with E-state index in [9.17, 15) is 4.79 Å². The first kappa shape index (κ1) is 16.3. The summed E-state index contributed by atoms with van der Waals surface area (Å²) in [5, 5.41) is 2.85. The topological polar surface area (TPSA) is 71.2 Å². The standard InChI is InChI=1S/C19H24N4O/c20-17-7-3-2-6-15(17)8-11-19(24)22-18-10-9-16(14-21-18)23-12-4-1-5-13-23/h2-3,6-7,9-10,14H,1,4-5,8,11-13,20H2,(H,21,22,24). The molecule has 1 fully saturated rings. The zero-order valence-corrected chi connectivity index (χ0v) is 13.9. The van der Waals surface area contributed by atoms with Gasteiger partial charge >= 0.3 is 0 Å². The molecule has 1 aromatic heterocycles. The van der Waals surface area contributed by atoms with Crippen molar-refractivity contribution in [3.05, 3.63) is 48.2 Å². The number of amides is 1. The van der Waals surface area contributed by atoms with Gasteiger partial charge in [-0.25, -0.2) is 4.98 Å². The lowest BCUT2D eigenvalue weighted by molar-refractivity contribution is -0.116. The molecule has 3 rings (SSSR count). The predicted octanol–water partition coefficient (Wildman–Crippen LogP) is 3.23. The Morgan fingerprint density at radius 1 is 1.12 bits per heavy atom. The van der Waals surface area contributed by atoms with E-state index in [0.29, 0.717) is 18.7 Å². The predicted molar refractivity (Wildman–Crippen MR) is 98.1 cm³/mol. The molecule has 0 atom stereocenters. The number of carbonyl (C=O) groups is 1. The molecule has 3 N–H and O–H groups in total. The van der Waals surface area contributed by atoms with Crippen LogP contribution < -0.4 is 16.0 Å². The summed E-state index contributed by atoms with van der Waals surface area (Å²) < 4.78 is 0. The number of nitrogen functional groups attached to an aromatic ring is 1. The number of nitrogens with zero attached hydrogens (tertiary/aromatic N) is 2. The summed E-state index contributed by atoms with van der Waals surface area (Å²) in [5.74, 6) is 0.554. The highest BCUT2D eigenvalue weighted by molar-refractivity contribution is 5.90. The highest BCUT2D eigenvalue weighted by Gasteiger charge is 2.11. The molecular formula is C19H24N4O. The van der Waals surface area contributed by atoms with Gasteiger partial charge in [-0.15, -0.1) is 0 Å². The minimum absolute atomic E-state index is 0.0449. The third kappa shape index (κ3) is 4.25. The zero-order valence-electron chi connectivity index (χ0n) is 13.9. The minimum Gasteiger partial charge on any atom is -0.399 e. The van der Waals surface area contributed by atoms with E-state index < -0.39 is 0 Å². The van der Waals surface area contributed by atoms with Crippen LogP contribution in [-0.4, -0.2) is 24.0 Å². The summed E-state index contributed by atoms with van der Waals surface area (Å²) in [5.41, 5.74) is 8.76. The van der Waals surface area contributed by atoms with E-state index in [-0.39, 0.29) is 5.91 Å². The van der Waals surface area contributed by atoms with E-state index in [1.54, 1.807) is 0 Å².